The Morgan fingerprint density at radius 1 is 0.871 bits per heavy atom. The molecule has 3 atom stereocenters. The summed E-state index contributed by atoms with van der Waals surface area (Å²) < 4.78 is 5.74. The number of likely N-dealkylation sites (tertiary alicyclic amines) is 1. The number of amides is 3. The van der Waals surface area contributed by atoms with E-state index in [2.05, 4.69) is 0 Å². The smallest absolute Gasteiger partial charge is 0.228 e. The van der Waals surface area contributed by atoms with Crippen LogP contribution in [0, 0.1) is 18.8 Å². The van der Waals surface area contributed by atoms with Crippen LogP contribution in [0.1, 0.15) is 38.7 Å². The normalized spacial score (nSPS) is 27.6. The van der Waals surface area contributed by atoms with E-state index in [1.54, 1.807) is 4.90 Å². The molecule has 3 fully saturated rings. The van der Waals surface area contributed by atoms with E-state index >= 15 is 0 Å². The monoisotopic (exact) mass is 427 g/mol. The van der Waals surface area contributed by atoms with E-state index in [9.17, 15) is 14.4 Å². The van der Waals surface area contributed by atoms with Gasteiger partial charge in [0.15, 0.2) is 0 Å². The first-order valence-corrected chi connectivity index (χ1v) is 11.4. The minimum atomic E-state index is -0.304. The summed E-state index contributed by atoms with van der Waals surface area (Å²) in [7, 11) is 0. The van der Waals surface area contributed by atoms with Crippen LogP contribution in [-0.2, 0) is 19.1 Å². The van der Waals surface area contributed by atoms with Crippen LogP contribution in [0.25, 0.3) is 0 Å². The fourth-order valence-electron chi connectivity index (χ4n) is 5.07. The van der Waals surface area contributed by atoms with Gasteiger partial charge < -0.3 is 19.4 Å². The highest BCUT2D eigenvalue weighted by molar-refractivity contribution is 6.00. The molecule has 3 saturated heterocycles. The first-order valence-electron chi connectivity index (χ1n) is 11.4. The molecule has 3 aliphatic rings. The van der Waals surface area contributed by atoms with Gasteiger partial charge in [0.1, 0.15) is 0 Å². The minimum Gasteiger partial charge on any atom is -0.372 e. The van der Waals surface area contributed by atoms with Gasteiger partial charge >= 0.3 is 0 Å². The van der Waals surface area contributed by atoms with Crippen molar-refractivity contribution in [2.75, 3.05) is 37.6 Å². The second-order valence-corrected chi connectivity index (χ2v) is 9.34. The van der Waals surface area contributed by atoms with Crippen LogP contribution in [0.2, 0.25) is 0 Å². The molecule has 3 amide bonds. The van der Waals surface area contributed by atoms with Crippen molar-refractivity contribution in [3.63, 3.8) is 0 Å². The molecule has 0 radical (unpaired) electrons. The van der Waals surface area contributed by atoms with Gasteiger partial charge in [-0.25, -0.2) is 0 Å². The van der Waals surface area contributed by atoms with Crippen LogP contribution in [0.5, 0.6) is 0 Å². The molecule has 0 saturated carbocycles. The molecule has 7 heteroatoms. The van der Waals surface area contributed by atoms with Crippen LogP contribution >= 0.6 is 0 Å². The SMILES string of the molecule is Cc1ccc(N2C[C@H](C(=O)N3CCC(C(=O)N4C[C@@H](C)O[C@H](C)C4)CC3)CC2=O)cc1. The molecule has 1 aromatic carbocycles. The Morgan fingerprint density at radius 3 is 2.06 bits per heavy atom. The van der Waals surface area contributed by atoms with Crippen molar-refractivity contribution in [2.24, 2.45) is 11.8 Å². The second-order valence-electron chi connectivity index (χ2n) is 9.34. The van der Waals surface area contributed by atoms with Crippen LogP contribution < -0.4 is 4.90 Å². The standard InChI is InChI=1S/C24H33N3O4/c1-16-4-6-21(7-5-16)27-15-20(12-22(27)28)24(30)25-10-8-19(9-11-25)23(29)26-13-17(2)31-18(3)14-26/h4-7,17-20H,8-15H2,1-3H3/t17-,18-,20-/m1/s1. The number of nitrogens with zero attached hydrogens (tertiary/aromatic N) is 3. The molecule has 168 valence electrons. The lowest BCUT2D eigenvalue weighted by atomic mass is 9.93. The van der Waals surface area contributed by atoms with Crippen LogP contribution in [-0.4, -0.2) is 72.5 Å². The summed E-state index contributed by atoms with van der Waals surface area (Å²) in [6.07, 6.45) is 1.76. The highest BCUT2D eigenvalue weighted by Crippen LogP contribution is 2.29. The molecule has 4 rings (SSSR count). The zero-order valence-corrected chi connectivity index (χ0v) is 18.8. The lowest BCUT2D eigenvalue weighted by Crippen LogP contribution is -2.52. The molecular weight excluding hydrogens is 394 g/mol. The van der Waals surface area contributed by atoms with Crippen molar-refractivity contribution in [1.82, 2.24) is 9.80 Å². The fraction of sp³-hybridized carbons (Fsp3) is 0.625. The number of benzene rings is 1. The van der Waals surface area contributed by atoms with Gasteiger partial charge in [0.05, 0.1) is 18.1 Å². The van der Waals surface area contributed by atoms with E-state index in [-0.39, 0.29) is 48.2 Å². The highest BCUT2D eigenvalue weighted by atomic mass is 16.5. The summed E-state index contributed by atoms with van der Waals surface area (Å²) in [5.41, 5.74) is 1.99. The van der Waals surface area contributed by atoms with Crippen molar-refractivity contribution in [3.8, 4) is 0 Å². The van der Waals surface area contributed by atoms with E-state index in [1.165, 1.54) is 0 Å². The molecule has 3 heterocycles. The Bertz CT molecular complexity index is 822. The van der Waals surface area contributed by atoms with Crippen molar-refractivity contribution in [3.05, 3.63) is 29.8 Å². The molecule has 7 nitrogen and oxygen atoms in total. The molecule has 0 N–H and O–H groups in total. The van der Waals surface area contributed by atoms with Gasteiger partial charge in [0.2, 0.25) is 17.7 Å². The minimum absolute atomic E-state index is 0.00261. The number of carbonyl (C=O) groups excluding carboxylic acids is 3. The average Bonchev–Trinajstić information content (AvgIpc) is 3.14. The van der Waals surface area contributed by atoms with Crippen LogP contribution in [0.3, 0.4) is 0 Å². The van der Waals surface area contributed by atoms with Gasteiger partial charge in [-0.2, -0.15) is 0 Å². The molecule has 0 spiro atoms. The van der Waals surface area contributed by atoms with E-state index < -0.39 is 0 Å². The molecular formula is C24H33N3O4. The maximum absolute atomic E-state index is 13.1. The zero-order valence-electron chi connectivity index (χ0n) is 18.8. The quantitative estimate of drug-likeness (QED) is 0.742. The molecule has 0 aliphatic carbocycles. The summed E-state index contributed by atoms with van der Waals surface area (Å²) in [4.78, 5) is 44.1. The number of hydrogen-bond acceptors (Lipinski definition) is 4. The largest absolute Gasteiger partial charge is 0.372 e. The number of piperidine rings is 1. The summed E-state index contributed by atoms with van der Waals surface area (Å²) in [6.45, 7) is 8.89. The van der Waals surface area contributed by atoms with Gasteiger partial charge in [0.25, 0.3) is 0 Å². The highest BCUT2D eigenvalue weighted by Gasteiger charge is 2.39. The summed E-state index contributed by atoms with van der Waals surface area (Å²) in [6, 6.07) is 7.83. The first kappa shape index (κ1) is 21.8. The topological polar surface area (TPSA) is 70.2 Å². The van der Waals surface area contributed by atoms with E-state index in [1.807, 2.05) is 54.8 Å². The predicted molar refractivity (Wildman–Crippen MR) is 118 cm³/mol. The second kappa shape index (κ2) is 8.99. The van der Waals surface area contributed by atoms with Crippen molar-refractivity contribution >= 4 is 23.4 Å². The Kier molecular flexibility index (Phi) is 6.32. The predicted octanol–water partition coefficient (Wildman–Crippen LogP) is 2.22. The number of carbonyl (C=O) groups is 3. The zero-order chi connectivity index (χ0) is 22.1. The van der Waals surface area contributed by atoms with Crippen LogP contribution in [0.4, 0.5) is 5.69 Å². The third kappa shape index (κ3) is 4.76. The van der Waals surface area contributed by atoms with Crippen molar-refractivity contribution in [1.29, 1.82) is 0 Å². The molecule has 31 heavy (non-hydrogen) atoms. The lowest BCUT2D eigenvalue weighted by Gasteiger charge is -2.39. The lowest BCUT2D eigenvalue weighted by molar-refractivity contribution is -0.150. The molecule has 1 aromatic rings. The number of rotatable bonds is 3. The third-order valence-electron chi connectivity index (χ3n) is 6.71. The Hall–Kier alpha value is -2.41. The number of hydrogen-bond donors (Lipinski definition) is 0. The Morgan fingerprint density at radius 2 is 1.45 bits per heavy atom. The average molecular weight is 428 g/mol. The molecule has 0 aromatic heterocycles. The first-order chi connectivity index (χ1) is 14.8. The Labute approximate surface area is 184 Å². The van der Waals surface area contributed by atoms with Crippen molar-refractivity contribution in [2.45, 2.75) is 52.2 Å². The van der Waals surface area contributed by atoms with E-state index in [4.69, 9.17) is 4.74 Å². The van der Waals surface area contributed by atoms with E-state index in [0.717, 1.165) is 11.3 Å². The van der Waals surface area contributed by atoms with Gasteiger partial charge in [0, 0.05) is 50.7 Å². The maximum atomic E-state index is 13.1. The van der Waals surface area contributed by atoms with Crippen LogP contribution in [0.15, 0.2) is 24.3 Å². The fourth-order valence-corrected chi connectivity index (χ4v) is 5.07. The van der Waals surface area contributed by atoms with E-state index in [0.29, 0.717) is 45.6 Å². The number of morpholine rings is 1. The molecule has 0 bridgehead atoms. The summed E-state index contributed by atoms with van der Waals surface area (Å²) >= 11 is 0. The van der Waals surface area contributed by atoms with Gasteiger partial charge in [-0.3, -0.25) is 14.4 Å². The van der Waals surface area contributed by atoms with Gasteiger partial charge in [-0.1, -0.05) is 17.7 Å². The third-order valence-corrected chi connectivity index (χ3v) is 6.71. The summed E-state index contributed by atoms with van der Waals surface area (Å²) in [5, 5.41) is 0. The number of anilines is 1. The molecule has 0 unspecified atom stereocenters. The number of aryl methyl sites for hydroxylation is 1. The van der Waals surface area contributed by atoms with Gasteiger partial charge in [-0.15, -0.1) is 0 Å². The van der Waals surface area contributed by atoms with Gasteiger partial charge in [-0.05, 0) is 45.7 Å². The number of ether oxygens (including phenoxy) is 1. The maximum Gasteiger partial charge on any atom is 0.228 e. The Balaban J connectivity index is 1.31. The molecule has 3 aliphatic heterocycles. The van der Waals surface area contributed by atoms with Crippen molar-refractivity contribution < 1.29 is 19.1 Å². The summed E-state index contributed by atoms with van der Waals surface area (Å²) in [5.74, 6) is -0.0983.